The quantitative estimate of drug-likeness (QED) is 0.816. The number of carboxylic acid groups (broad SMARTS) is 1. The molecule has 0 aromatic carbocycles. The second-order valence-corrected chi connectivity index (χ2v) is 5.62. The van der Waals surface area contributed by atoms with E-state index in [0.29, 0.717) is 13.1 Å². The van der Waals surface area contributed by atoms with Crippen molar-refractivity contribution in [1.29, 1.82) is 0 Å². The molecule has 1 amide bonds. The van der Waals surface area contributed by atoms with E-state index in [2.05, 4.69) is 6.92 Å². The van der Waals surface area contributed by atoms with Crippen LogP contribution < -0.4 is 0 Å². The van der Waals surface area contributed by atoms with Crippen molar-refractivity contribution in [3.63, 3.8) is 0 Å². The Bertz CT molecular complexity index is 330. The van der Waals surface area contributed by atoms with Gasteiger partial charge in [0.2, 0.25) is 5.91 Å². The Morgan fingerprint density at radius 2 is 2.00 bits per heavy atom. The highest BCUT2D eigenvalue weighted by Crippen LogP contribution is 2.46. The standard InChI is InChI=1S/C13H21NO3/c1-3-13(5-4-6-13)12(17)14-7-9(2)10(8-14)11(15)16/h9-10H,3-8H2,1-2H3,(H,15,16)/t9-,10-/m1/s1. The number of hydrogen-bond donors (Lipinski definition) is 1. The van der Waals surface area contributed by atoms with Gasteiger partial charge < -0.3 is 10.0 Å². The van der Waals surface area contributed by atoms with E-state index in [1.165, 1.54) is 0 Å². The van der Waals surface area contributed by atoms with Crippen molar-refractivity contribution in [2.75, 3.05) is 13.1 Å². The Morgan fingerprint density at radius 3 is 2.35 bits per heavy atom. The van der Waals surface area contributed by atoms with Crippen LogP contribution in [0.15, 0.2) is 0 Å². The number of carboxylic acids is 1. The fraction of sp³-hybridized carbons (Fsp3) is 0.846. The van der Waals surface area contributed by atoms with Gasteiger partial charge in [0.25, 0.3) is 0 Å². The molecule has 0 unspecified atom stereocenters. The molecule has 2 rings (SSSR count). The molecule has 2 fully saturated rings. The van der Waals surface area contributed by atoms with E-state index in [1.54, 1.807) is 4.90 Å². The lowest BCUT2D eigenvalue weighted by molar-refractivity contribution is -0.147. The zero-order chi connectivity index (χ0) is 12.6. The van der Waals surface area contributed by atoms with Gasteiger partial charge in [-0.1, -0.05) is 20.3 Å². The maximum Gasteiger partial charge on any atom is 0.308 e. The minimum Gasteiger partial charge on any atom is -0.481 e. The molecule has 1 N–H and O–H groups in total. The van der Waals surface area contributed by atoms with E-state index in [0.717, 1.165) is 25.7 Å². The SMILES string of the molecule is CCC1(C(=O)N2C[C@@H](C)[C@H](C(=O)O)C2)CCC1. The molecule has 96 valence electrons. The summed E-state index contributed by atoms with van der Waals surface area (Å²) in [6, 6.07) is 0. The number of aliphatic carboxylic acids is 1. The van der Waals surface area contributed by atoms with Crippen LogP contribution >= 0.6 is 0 Å². The monoisotopic (exact) mass is 239 g/mol. The Balaban J connectivity index is 2.05. The third-order valence-corrected chi connectivity index (χ3v) is 4.66. The fourth-order valence-electron chi connectivity index (χ4n) is 3.11. The summed E-state index contributed by atoms with van der Waals surface area (Å²) < 4.78 is 0. The van der Waals surface area contributed by atoms with Gasteiger partial charge in [-0.05, 0) is 25.2 Å². The van der Waals surface area contributed by atoms with Crippen LogP contribution in [0.5, 0.6) is 0 Å². The molecule has 4 nitrogen and oxygen atoms in total. The van der Waals surface area contributed by atoms with E-state index in [9.17, 15) is 9.59 Å². The second kappa shape index (κ2) is 4.31. The maximum absolute atomic E-state index is 12.4. The molecule has 1 saturated carbocycles. The summed E-state index contributed by atoms with van der Waals surface area (Å²) in [6.07, 6.45) is 3.97. The second-order valence-electron chi connectivity index (χ2n) is 5.62. The first-order valence-electron chi connectivity index (χ1n) is 6.52. The summed E-state index contributed by atoms with van der Waals surface area (Å²) in [6.45, 7) is 4.99. The van der Waals surface area contributed by atoms with Gasteiger partial charge in [-0.25, -0.2) is 0 Å². The molecular weight excluding hydrogens is 218 g/mol. The average molecular weight is 239 g/mol. The Hall–Kier alpha value is -1.06. The molecular formula is C13H21NO3. The van der Waals surface area contributed by atoms with Crippen molar-refractivity contribution in [1.82, 2.24) is 4.90 Å². The smallest absolute Gasteiger partial charge is 0.308 e. The minimum atomic E-state index is -0.771. The molecule has 4 heteroatoms. The van der Waals surface area contributed by atoms with Crippen LogP contribution in [0.3, 0.4) is 0 Å². The predicted molar refractivity (Wildman–Crippen MR) is 63.4 cm³/mol. The topological polar surface area (TPSA) is 57.6 Å². The number of amides is 1. The molecule has 17 heavy (non-hydrogen) atoms. The summed E-state index contributed by atoms with van der Waals surface area (Å²) in [5.74, 6) is -0.882. The van der Waals surface area contributed by atoms with Crippen molar-refractivity contribution in [2.24, 2.45) is 17.3 Å². The van der Waals surface area contributed by atoms with Crippen LogP contribution in [0.2, 0.25) is 0 Å². The lowest BCUT2D eigenvalue weighted by atomic mass is 9.66. The highest BCUT2D eigenvalue weighted by atomic mass is 16.4. The van der Waals surface area contributed by atoms with E-state index in [4.69, 9.17) is 5.11 Å². The number of carbonyl (C=O) groups is 2. The molecule has 1 saturated heterocycles. The molecule has 0 aromatic rings. The number of likely N-dealkylation sites (tertiary alicyclic amines) is 1. The molecule has 0 spiro atoms. The fourth-order valence-corrected chi connectivity index (χ4v) is 3.11. The van der Waals surface area contributed by atoms with Gasteiger partial charge in [-0.15, -0.1) is 0 Å². The molecule has 0 aromatic heterocycles. The van der Waals surface area contributed by atoms with Gasteiger partial charge >= 0.3 is 5.97 Å². The van der Waals surface area contributed by atoms with Crippen LogP contribution in [-0.2, 0) is 9.59 Å². The Morgan fingerprint density at radius 1 is 1.35 bits per heavy atom. The largest absolute Gasteiger partial charge is 0.481 e. The Labute approximate surface area is 102 Å². The van der Waals surface area contributed by atoms with E-state index in [-0.39, 0.29) is 23.2 Å². The van der Waals surface area contributed by atoms with Gasteiger partial charge in [0, 0.05) is 18.5 Å². The third kappa shape index (κ3) is 1.94. The molecule has 1 aliphatic heterocycles. The lowest BCUT2D eigenvalue weighted by Gasteiger charge is -2.42. The normalized spacial score (nSPS) is 31.1. The van der Waals surface area contributed by atoms with Gasteiger partial charge in [0.1, 0.15) is 0 Å². The summed E-state index contributed by atoms with van der Waals surface area (Å²) in [5, 5.41) is 9.08. The van der Waals surface area contributed by atoms with Crippen LogP contribution in [0.4, 0.5) is 0 Å². The van der Waals surface area contributed by atoms with Crippen molar-refractivity contribution >= 4 is 11.9 Å². The molecule has 0 radical (unpaired) electrons. The van der Waals surface area contributed by atoms with Crippen LogP contribution in [0.25, 0.3) is 0 Å². The molecule has 1 heterocycles. The van der Waals surface area contributed by atoms with Crippen molar-refractivity contribution in [3.8, 4) is 0 Å². The lowest BCUT2D eigenvalue weighted by Crippen LogP contribution is -2.47. The number of nitrogens with zero attached hydrogens (tertiary/aromatic N) is 1. The van der Waals surface area contributed by atoms with Crippen molar-refractivity contribution in [2.45, 2.75) is 39.5 Å². The zero-order valence-electron chi connectivity index (χ0n) is 10.6. The summed E-state index contributed by atoms with van der Waals surface area (Å²) in [4.78, 5) is 25.3. The van der Waals surface area contributed by atoms with Gasteiger partial charge in [0.15, 0.2) is 0 Å². The third-order valence-electron chi connectivity index (χ3n) is 4.66. The molecule has 2 atom stereocenters. The Kier molecular flexibility index (Phi) is 3.15. The first kappa shape index (κ1) is 12.4. The minimum absolute atomic E-state index is 0.0745. The van der Waals surface area contributed by atoms with Gasteiger partial charge in [0.05, 0.1) is 5.92 Å². The maximum atomic E-state index is 12.4. The molecule has 2 aliphatic rings. The van der Waals surface area contributed by atoms with Crippen LogP contribution in [0, 0.1) is 17.3 Å². The number of rotatable bonds is 3. The summed E-state index contributed by atoms with van der Waals surface area (Å²) in [5.41, 5.74) is -0.160. The highest BCUT2D eigenvalue weighted by Gasteiger charge is 2.47. The number of carbonyl (C=O) groups excluding carboxylic acids is 1. The first-order chi connectivity index (χ1) is 8.00. The summed E-state index contributed by atoms with van der Waals surface area (Å²) in [7, 11) is 0. The van der Waals surface area contributed by atoms with Gasteiger partial charge in [-0.2, -0.15) is 0 Å². The molecule has 1 aliphatic carbocycles. The predicted octanol–water partition coefficient (Wildman–Crippen LogP) is 1.75. The number of hydrogen-bond acceptors (Lipinski definition) is 2. The molecule has 0 bridgehead atoms. The zero-order valence-corrected chi connectivity index (χ0v) is 10.6. The van der Waals surface area contributed by atoms with E-state index >= 15 is 0 Å². The van der Waals surface area contributed by atoms with Crippen molar-refractivity contribution in [3.05, 3.63) is 0 Å². The highest BCUT2D eigenvalue weighted by molar-refractivity contribution is 5.85. The summed E-state index contributed by atoms with van der Waals surface area (Å²) >= 11 is 0. The van der Waals surface area contributed by atoms with Gasteiger partial charge in [-0.3, -0.25) is 9.59 Å². The van der Waals surface area contributed by atoms with Crippen molar-refractivity contribution < 1.29 is 14.7 Å². The van der Waals surface area contributed by atoms with E-state index in [1.807, 2.05) is 6.92 Å². The van der Waals surface area contributed by atoms with Crippen LogP contribution in [-0.4, -0.2) is 35.0 Å². The average Bonchev–Trinajstić information content (AvgIpc) is 2.59. The van der Waals surface area contributed by atoms with Crippen LogP contribution in [0.1, 0.15) is 39.5 Å². The first-order valence-corrected chi connectivity index (χ1v) is 6.52. The van der Waals surface area contributed by atoms with E-state index < -0.39 is 5.97 Å².